The summed E-state index contributed by atoms with van der Waals surface area (Å²) in [5, 5.41) is 17.3. The van der Waals surface area contributed by atoms with E-state index in [9.17, 15) is 14.4 Å². The molecule has 3 N–H and O–H groups in total. The van der Waals surface area contributed by atoms with Crippen molar-refractivity contribution in [3.8, 4) is 11.8 Å². The first-order valence-corrected chi connectivity index (χ1v) is 9.43. The Morgan fingerprint density at radius 1 is 1.21 bits per heavy atom. The van der Waals surface area contributed by atoms with E-state index in [0.717, 1.165) is 0 Å². The van der Waals surface area contributed by atoms with Crippen LogP contribution >= 0.6 is 23.2 Å². The Bertz CT molecular complexity index is 1090. The van der Waals surface area contributed by atoms with Crippen LogP contribution in [0.5, 0.6) is 0 Å². The molecule has 3 aromatic rings. The number of benzene rings is 2. The van der Waals surface area contributed by atoms with Crippen LogP contribution < -0.4 is 11.1 Å². The maximum atomic E-state index is 13.1. The molecule has 0 bridgehead atoms. The van der Waals surface area contributed by atoms with Crippen molar-refractivity contribution in [3.63, 3.8) is 0 Å². The standard InChI is InChI=1S/C20H16Cl2FN5O/c21-16-8-3-12(10-17(16)22)20(29)26-9-1-2-18-15(11-24)19(25)28(27-18)14-6-4-13(23)5-7-14/h3-8,10H,1-2,9,25H2,(H,26,29). The Morgan fingerprint density at radius 2 is 1.93 bits per heavy atom. The number of carbonyl (C=O) groups is 1. The third-order valence-electron chi connectivity index (χ3n) is 4.23. The van der Waals surface area contributed by atoms with Crippen molar-refractivity contribution in [2.75, 3.05) is 12.3 Å². The highest BCUT2D eigenvalue weighted by atomic mass is 35.5. The maximum Gasteiger partial charge on any atom is 0.251 e. The highest BCUT2D eigenvalue weighted by molar-refractivity contribution is 6.42. The Kier molecular flexibility index (Phi) is 6.37. The number of nitrogens with two attached hydrogens (primary N) is 1. The van der Waals surface area contributed by atoms with E-state index in [2.05, 4.69) is 16.5 Å². The number of nitrogens with one attached hydrogen (secondary N) is 1. The third kappa shape index (κ3) is 4.67. The van der Waals surface area contributed by atoms with E-state index in [0.29, 0.717) is 46.4 Å². The van der Waals surface area contributed by atoms with Crippen molar-refractivity contribution < 1.29 is 9.18 Å². The van der Waals surface area contributed by atoms with Crippen molar-refractivity contribution in [1.29, 1.82) is 5.26 Å². The molecule has 0 radical (unpaired) electrons. The topological polar surface area (TPSA) is 96.7 Å². The van der Waals surface area contributed by atoms with E-state index in [1.54, 1.807) is 12.1 Å². The number of amides is 1. The van der Waals surface area contributed by atoms with Crippen LogP contribution in [-0.4, -0.2) is 22.2 Å². The van der Waals surface area contributed by atoms with Crippen LogP contribution in [0, 0.1) is 17.1 Å². The molecule has 3 rings (SSSR count). The summed E-state index contributed by atoms with van der Waals surface area (Å²) in [6.07, 6.45) is 0.977. The number of hydrogen-bond acceptors (Lipinski definition) is 4. The summed E-state index contributed by atoms with van der Waals surface area (Å²) >= 11 is 11.8. The second-order valence-electron chi connectivity index (χ2n) is 6.20. The predicted molar refractivity (Wildman–Crippen MR) is 110 cm³/mol. The molecule has 6 nitrogen and oxygen atoms in total. The van der Waals surface area contributed by atoms with Crippen LogP contribution in [0.3, 0.4) is 0 Å². The predicted octanol–water partition coefficient (Wildman–Crippen LogP) is 4.13. The van der Waals surface area contributed by atoms with Crippen molar-refractivity contribution >= 4 is 34.9 Å². The zero-order chi connectivity index (χ0) is 21.0. The van der Waals surface area contributed by atoms with Gasteiger partial charge in [-0.3, -0.25) is 4.79 Å². The minimum absolute atomic E-state index is 0.189. The number of nitriles is 1. The first-order valence-electron chi connectivity index (χ1n) is 8.67. The zero-order valence-corrected chi connectivity index (χ0v) is 16.6. The van der Waals surface area contributed by atoms with Crippen LogP contribution in [0.15, 0.2) is 42.5 Å². The molecule has 1 amide bonds. The Hall–Kier alpha value is -3.08. The lowest BCUT2D eigenvalue weighted by Crippen LogP contribution is -2.24. The Labute approximate surface area is 176 Å². The molecule has 0 spiro atoms. The fourth-order valence-electron chi connectivity index (χ4n) is 2.75. The maximum absolute atomic E-state index is 13.1. The number of aromatic nitrogens is 2. The highest BCUT2D eigenvalue weighted by Crippen LogP contribution is 2.23. The van der Waals surface area contributed by atoms with E-state index < -0.39 is 0 Å². The summed E-state index contributed by atoms with van der Waals surface area (Å²) in [6, 6.07) is 12.3. The van der Waals surface area contributed by atoms with Gasteiger partial charge in [-0.1, -0.05) is 23.2 Å². The SMILES string of the molecule is N#Cc1c(CCCNC(=O)c2ccc(Cl)c(Cl)c2)nn(-c2ccc(F)cc2)c1N. The molecule has 0 aliphatic rings. The molecule has 0 saturated carbocycles. The lowest BCUT2D eigenvalue weighted by molar-refractivity contribution is 0.0953. The zero-order valence-electron chi connectivity index (χ0n) is 15.1. The molecule has 9 heteroatoms. The number of carbonyl (C=O) groups excluding carboxylic acids is 1. The number of nitrogen functional groups attached to an aromatic ring is 1. The Balaban J connectivity index is 1.64. The van der Waals surface area contributed by atoms with Gasteiger partial charge in [-0.25, -0.2) is 9.07 Å². The van der Waals surface area contributed by atoms with Crippen molar-refractivity contribution in [2.24, 2.45) is 0 Å². The molecule has 0 atom stereocenters. The minimum atomic E-state index is -0.377. The average Bonchev–Trinajstić information content (AvgIpc) is 3.03. The summed E-state index contributed by atoms with van der Waals surface area (Å²) in [5.41, 5.74) is 7.77. The van der Waals surface area contributed by atoms with Gasteiger partial charge in [0.05, 0.1) is 21.4 Å². The molecule has 0 saturated heterocycles. The third-order valence-corrected chi connectivity index (χ3v) is 4.97. The smallest absolute Gasteiger partial charge is 0.251 e. The quantitative estimate of drug-likeness (QED) is 0.573. The van der Waals surface area contributed by atoms with Crippen molar-refractivity contribution in [1.82, 2.24) is 15.1 Å². The van der Waals surface area contributed by atoms with Crippen LogP contribution in [0.4, 0.5) is 10.2 Å². The van der Waals surface area contributed by atoms with Crippen molar-refractivity contribution in [2.45, 2.75) is 12.8 Å². The number of anilines is 1. The second kappa shape index (κ2) is 8.95. The molecule has 148 valence electrons. The largest absolute Gasteiger partial charge is 0.382 e. The molecule has 0 aliphatic carbocycles. The number of rotatable bonds is 6. The van der Waals surface area contributed by atoms with Gasteiger partial charge < -0.3 is 11.1 Å². The second-order valence-corrected chi connectivity index (χ2v) is 7.01. The molecule has 2 aromatic carbocycles. The lowest BCUT2D eigenvalue weighted by atomic mass is 10.1. The molecular formula is C20H16Cl2FN5O. The first-order chi connectivity index (χ1) is 13.9. The monoisotopic (exact) mass is 431 g/mol. The van der Waals surface area contributed by atoms with Crippen LogP contribution in [0.1, 0.15) is 28.0 Å². The number of aryl methyl sites for hydroxylation is 1. The van der Waals surface area contributed by atoms with Gasteiger partial charge in [0, 0.05) is 12.1 Å². The molecule has 29 heavy (non-hydrogen) atoms. The van der Waals surface area contributed by atoms with Crippen LogP contribution in [0.2, 0.25) is 10.0 Å². The minimum Gasteiger partial charge on any atom is -0.382 e. The van der Waals surface area contributed by atoms with E-state index in [-0.39, 0.29) is 23.1 Å². The highest BCUT2D eigenvalue weighted by Gasteiger charge is 2.16. The molecule has 0 unspecified atom stereocenters. The summed E-state index contributed by atoms with van der Waals surface area (Å²) in [7, 11) is 0. The summed E-state index contributed by atoms with van der Waals surface area (Å²) in [5.74, 6) is -0.465. The molecular weight excluding hydrogens is 416 g/mol. The van der Waals surface area contributed by atoms with Gasteiger partial charge >= 0.3 is 0 Å². The fraction of sp³-hybridized carbons (Fsp3) is 0.150. The molecule has 0 fully saturated rings. The normalized spacial score (nSPS) is 10.6. The lowest BCUT2D eigenvalue weighted by Gasteiger charge is -2.06. The number of hydrogen-bond donors (Lipinski definition) is 2. The molecule has 1 aromatic heterocycles. The first kappa shape index (κ1) is 20.6. The van der Waals surface area contributed by atoms with E-state index in [4.69, 9.17) is 28.9 Å². The Morgan fingerprint density at radius 3 is 2.59 bits per heavy atom. The number of nitrogens with zero attached hydrogens (tertiary/aromatic N) is 3. The molecule has 0 aliphatic heterocycles. The van der Waals surface area contributed by atoms with Gasteiger partial charge in [-0.15, -0.1) is 0 Å². The van der Waals surface area contributed by atoms with Crippen molar-refractivity contribution in [3.05, 3.63) is 75.1 Å². The fourth-order valence-corrected chi connectivity index (χ4v) is 3.05. The number of halogens is 3. The van der Waals surface area contributed by atoms with Gasteiger partial charge in [0.1, 0.15) is 23.3 Å². The van der Waals surface area contributed by atoms with Crippen LogP contribution in [-0.2, 0) is 6.42 Å². The van der Waals surface area contributed by atoms with Gasteiger partial charge in [0.2, 0.25) is 0 Å². The van der Waals surface area contributed by atoms with Gasteiger partial charge in [0.25, 0.3) is 5.91 Å². The van der Waals surface area contributed by atoms with E-state index in [1.807, 2.05) is 0 Å². The molecule has 1 heterocycles. The van der Waals surface area contributed by atoms with Crippen LogP contribution in [0.25, 0.3) is 5.69 Å². The van der Waals surface area contributed by atoms with Gasteiger partial charge in [-0.05, 0) is 55.3 Å². The van der Waals surface area contributed by atoms with Gasteiger partial charge in [0.15, 0.2) is 0 Å². The van der Waals surface area contributed by atoms with E-state index >= 15 is 0 Å². The summed E-state index contributed by atoms with van der Waals surface area (Å²) in [4.78, 5) is 12.2. The van der Waals surface area contributed by atoms with E-state index in [1.165, 1.54) is 35.0 Å². The summed E-state index contributed by atoms with van der Waals surface area (Å²) in [6.45, 7) is 0.368. The summed E-state index contributed by atoms with van der Waals surface area (Å²) < 4.78 is 14.5. The average molecular weight is 432 g/mol. The van der Waals surface area contributed by atoms with Gasteiger partial charge in [-0.2, -0.15) is 10.4 Å².